The maximum Gasteiger partial charge on any atom is 0.211 e. The van der Waals surface area contributed by atoms with E-state index in [1.807, 2.05) is 12.1 Å². The minimum Gasteiger partial charge on any atom is -0.497 e. The molecule has 0 radical (unpaired) electrons. The van der Waals surface area contributed by atoms with Gasteiger partial charge in [-0.25, -0.2) is 4.98 Å². The number of hydrogen-bond donors (Lipinski definition) is 0. The first-order valence-corrected chi connectivity index (χ1v) is 10.3. The molecule has 6 nitrogen and oxygen atoms in total. The van der Waals surface area contributed by atoms with E-state index in [4.69, 9.17) is 9.72 Å². The van der Waals surface area contributed by atoms with Crippen molar-refractivity contribution in [2.24, 2.45) is 0 Å². The summed E-state index contributed by atoms with van der Waals surface area (Å²) < 4.78 is 7.56. The molecule has 3 aromatic rings. The Morgan fingerprint density at radius 2 is 2.00 bits per heavy atom. The van der Waals surface area contributed by atoms with Crippen LogP contribution in [0.25, 0.3) is 22.1 Å². The first-order chi connectivity index (χ1) is 12.8. The Morgan fingerprint density at radius 3 is 2.77 bits per heavy atom. The standard InChI is InChI=1S/C19H25N5OS/c1-3-24-16-8-7-14(25-2)13-15(16)17-18(24)20-19(22-21-17)26-12-11-23-9-5-4-6-10-23/h7-8,13H,3-6,9-12H2,1-2H3. The number of aromatic nitrogens is 4. The second-order valence-electron chi connectivity index (χ2n) is 6.64. The van der Waals surface area contributed by atoms with E-state index in [0.717, 1.165) is 51.8 Å². The van der Waals surface area contributed by atoms with Gasteiger partial charge in [-0.1, -0.05) is 18.2 Å². The zero-order valence-corrected chi connectivity index (χ0v) is 16.3. The monoisotopic (exact) mass is 371 g/mol. The summed E-state index contributed by atoms with van der Waals surface area (Å²) in [6.07, 6.45) is 4.03. The summed E-state index contributed by atoms with van der Waals surface area (Å²) in [6, 6.07) is 6.07. The molecule has 0 aliphatic carbocycles. The van der Waals surface area contributed by atoms with E-state index in [0.29, 0.717) is 0 Å². The van der Waals surface area contributed by atoms with Crippen LogP contribution in [0.1, 0.15) is 26.2 Å². The number of nitrogens with zero attached hydrogens (tertiary/aromatic N) is 5. The highest BCUT2D eigenvalue weighted by molar-refractivity contribution is 7.99. The van der Waals surface area contributed by atoms with Crippen LogP contribution in [-0.2, 0) is 6.54 Å². The molecule has 138 valence electrons. The van der Waals surface area contributed by atoms with Gasteiger partial charge in [-0.3, -0.25) is 0 Å². The molecule has 1 saturated heterocycles. The van der Waals surface area contributed by atoms with Crippen molar-refractivity contribution in [2.75, 3.05) is 32.5 Å². The van der Waals surface area contributed by atoms with Crippen LogP contribution in [0.2, 0.25) is 0 Å². The third-order valence-corrected chi connectivity index (χ3v) is 5.88. The second-order valence-corrected chi connectivity index (χ2v) is 7.71. The van der Waals surface area contributed by atoms with Crippen LogP contribution in [0.15, 0.2) is 23.4 Å². The second kappa shape index (κ2) is 7.80. The Hall–Kier alpha value is -1.86. The summed E-state index contributed by atoms with van der Waals surface area (Å²) in [5.41, 5.74) is 2.88. The van der Waals surface area contributed by atoms with Crippen molar-refractivity contribution in [2.45, 2.75) is 37.9 Å². The minimum atomic E-state index is 0.763. The predicted octanol–water partition coefficient (Wildman–Crippen LogP) is 3.59. The SMILES string of the molecule is CCn1c2ccc(OC)cc2c2nnc(SCCN3CCCCC3)nc21. The summed E-state index contributed by atoms with van der Waals surface area (Å²) in [7, 11) is 1.68. The van der Waals surface area contributed by atoms with Gasteiger partial charge in [0.05, 0.1) is 12.6 Å². The van der Waals surface area contributed by atoms with Crippen molar-refractivity contribution in [3.05, 3.63) is 18.2 Å². The van der Waals surface area contributed by atoms with E-state index < -0.39 is 0 Å². The lowest BCUT2D eigenvalue weighted by Crippen LogP contribution is -2.31. The number of methoxy groups -OCH3 is 1. The van der Waals surface area contributed by atoms with Gasteiger partial charge < -0.3 is 14.2 Å². The van der Waals surface area contributed by atoms with Crippen molar-refractivity contribution < 1.29 is 4.74 Å². The molecule has 0 unspecified atom stereocenters. The molecule has 1 aliphatic heterocycles. The number of fused-ring (bicyclic) bond motifs is 3. The van der Waals surface area contributed by atoms with Crippen LogP contribution in [0.4, 0.5) is 0 Å². The fourth-order valence-electron chi connectivity index (χ4n) is 3.68. The summed E-state index contributed by atoms with van der Waals surface area (Å²) in [4.78, 5) is 7.35. The van der Waals surface area contributed by atoms with E-state index in [-0.39, 0.29) is 0 Å². The molecular weight excluding hydrogens is 346 g/mol. The highest BCUT2D eigenvalue weighted by Gasteiger charge is 2.15. The smallest absolute Gasteiger partial charge is 0.211 e. The Balaban J connectivity index is 1.58. The molecule has 3 heterocycles. The molecule has 0 atom stereocenters. The average Bonchev–Trinajstić information content (AvgIpc) is 3.00. The molecular formula is C19H25N5OS. The summed E-state index contributed by atoms with van der Waals surface area (Å²) >= 11 is 1.70. The maximum absolute atomic E-state index is 5.36. The summed E-state index contributed by atoms with van der Waals surface area (Å²) in [6.45, 7) is 6.53. The number of piperidine rings is 1. The molecule has 1 aromatic carbocycles. The van der Waals surface area contributed by atoms with Crippen LogP contribution in [-0.4, -0.2) is 57.1 Å². The Bertz CT molecular complexity index is 904. The molecule has 0 spiro atoms. The van der Waals surface area contributed by atoms with Crippen LogP contribution < -0.4 is 4.74 Å². The van der Waals surface area contributed by atoms with Crippen LogP contribution in [0.5, 0.6) is 5.75 Å². The minimum absolute atomic E-state index is 0.763. The van der Waals surface area contributed by atoms with Crippen LogP contribution in [0.3, 0.4) is 0 Å². The van der Waals surface area contributed by atoms with Gasteiger partial charge in [0.15, 0.2) is 5.65 Å². The van der Waals surface area contributed by atoms with E-state index in [9.17, 15) is 0 Å². The highest BCUT2D eigenvalue weighted by Crippen LogP contribution is 2.30. The van der Waals surface area contributed by atoms with E-state index in [2.05, 4.69) is 32.7 Å². The van der Waals surface area contributed by atoms with Gasteiger partial charge in [-0.2, -0.15) is 0 Å². The fraction of sp³-hybridized carbons (Fsp3) is 0.526. The third-order valence-electron chi connectivity index (χ3n) is 5.06. The fourth-order valence-corrected chi connectivity index (χ4v) is 4.46. The van der Waals surface area contributed by atoms with Crippen molar-refractivity contribution in [3.8, 4) is 5.75 Å². The lowest BCUT2D eigenvalue weighted by atomic mass is 10.1. The average molecular weight is 372 g/mol. The van der Waals surface area contributed by atoms with Gasteiger partial charge in [0.1, 0.15) is 11.3 Å². The molecule has 2 aromatic heterocycles. The number of thioether (sulfide) groups is 1. The normalized spacial score (nSPS) is 15.8. The van der Waals surface area contributed by atoms with Crippen molar-refractivity contribution >= 4 is 33.8 Å². The Labute approximate surface area is 157 Å². The first-order valence-electron chi connectivity index (χ1n) is 9.36. The highest BCUT2D eigenvalue weighted by atomic mass is 32.2. The topological polar surface area (TPSA) is 56.1 Å². The molecule has 0 bridgehead atoms. The number of benzene rings is 1. The molecule has 7 heteroatoms. The molecule has 0 amide bonds. The van der Waals surface area contributed by atoms with E-state index >= 15 is 0 Å². The van der Waals surface area contributed by atoms with Crippen LogP contribution >= 0.6 is 11.8 Å². The molecule has 4 rings (SSSR count). The lowest BCUT2D eigenvalue weighted by molar-refractivity contribution is 0.242. The van der Waals surface area contributed by atoms with Gasteiger partial charge in [0, 0.05) is 24.2 Å². The Kier molecular flexibility index (Phi) is 5.26. The Morgan fingerprint density at radius 1 is 1.15 bits per heavy atom. The molecule has 0 N–H and O–H groups in total. The van der Waals surface area contributed by atoms with Crippen LogP contribution in [0, 0.1) is 0 Å². The molecule has 1 aliphatic rings. The zero-order valence-electron chi connectivity index (χ0n) is 15.4. The van der Waals surface area contributed by atoms with Crippen molar-refractivity contribution in [1.29, 1.82) is 0 Å². The van der Waals surface area contributed by atoms with Gasteiger partial charge in [0.25, 0.3) is 0 Å². The molecule has 1 fully saturated rings. The zero-order chi connectivity index (χ0) is 17.9. The first kappa shape index (κ1) is 17.5. The number of aryl methyl sites for hydroxylation is 1. The van der Waals surface area contributed by atoms with Gasteiger partial charge in [0.2, 0.25) is 5.16 Å². The predicted molar refractivity (Wildman–Crippen MR) is 106 cm³/mol. The summed E-state index contributed by atoms with van der Waals surface area (Å²) in [5, 5.41) is 10.7. The van der Waals surface area contributed by atoms with E-state index in [1.54, 1.807) is 18.9 Å². The quantitative estimate of drug-likeness (QED) is 0.617. The summed E-state index contributed by atoms with van der Waals surface area (Å²) in [5.74, 6) is 1.84. The lowest BCUT2D eigenvalue weighted by Gasteiger charge is -2.25. The number of likely N-dealkylation sites (tertiary alicyclic amines) is 1. The van der Waals surface area contributed by atoms with Gasteiger partial charge >= 0.3 is 0 Å². The molecule has 26 heavy (non-hydrogen) atoms. The van der Waals surface area contributed by atoms with E-state index in [1.165, 1.54) is 32.4 Å². The number of hydrogen-bond acceptors (Lipinski definition) is 6. The largest absolute Gasteiger partial charge is 0.497 e. The van der Waals surface area contributed by atoms with Crippen molar-refractivity contribution in [3.63, 3.8) is 0 Å². The number of rotatable bonds is 6. The van der Waals surface area contributed by atoms with Gasteiger partial charge in [-0.15, -0.1) is 10.2 Å². The number of ether oxygens (including phenoxy) is 1. The molecule has 0 saturated carbocycles. The van der Waals surface area contributed by atoms with Gasteiger partial charge in [-0.05, 0) is 51.1 Å². The van der Waals surface area contributed by atoms with Crippen molar-refractivity contribution in [1.82, 2.24) is 24.6 Å². The maximum atomic E-state index is 5.36. The third kappa shape index (κ3) is 3.38.